The van der Waals surface area contributed by atoms with Gasteiger partial charge >= 0.3 is 0 Å². The molecule has 2 atom stereocenters. The van der Waals surface area contributed by atoms with E-state index in [2.05, 4.69) is 59.2 Å². The second-order valence-corrected chi connectivity index (χ2v) is 8.77. The van der Waals surface area contributed by atoms with Crippen LogP contribution in [0.25, 0.3) is 0 Å². The van der Waals surface area contributed by atoms with Gasteiger partial charge in [0.05, 0.1) is 20.3 Å². The maximum absolute atomic E-state index is 5.92. The molecule has 2 unspecified atom stereocenters. The number of anilines is 1. The number of likely N-dealkylation sites (tertiary alicyclic amines) is 1. The Morgan fingerprint density at radius 1 is 1.14 bits per heavy atom. The van der Waals surface area contributed by atoms with Crippen LogP contribution in [0.4, 0.5) is 5.69 Å². The maximum atomic E-state index is 5.92. The topological polar surface area (TPSA) is 33.7 Å². The highest BCUT2D eigenvalue weighted by Gasteiger charge is 2.67. The molecule has 1 heterocycles. The number of methoxy groups -OCH3 is 1. The summed E-state index contributed by atoms with van der Waals surface area (Å²) in [6.07, 6.45) is 3.30. The fourth-order valence-electron chi connectivity index (χ4n) is 5.25. The first-order valence-corrected chi connectivity index (χ1v) is 11.8. The van der Waals surface area contributed by atoms with Gasteiger partial charge in [-0.2, -0.15) is 0 Å². The van der Waals surface area contributed by atoms with Crippen LogP contribution in [0.2, 0.25) is 0 Å². The van der Waals surface area contributed by atoms with Gasteiger partial charge in [0, 0.05) is 37.0 Å². The second kappa shape index (κ2) is 8.99. The summed E-state index contributed by atoms with van der Waals surface area (Å²) >= 11 is 1.66. The average Bonchev–Trinajstić information content (AvgIpc) is 3.14. The van der Waals surface area contributed by atoms with Crippen molar-refractivity contribution in [3.63, 3.8) is 0 Å². The average molecular weight is 413 g/mol. The number of piperidine rings is 1. The van der Waals surface area contributed by atoms with Gasteiger partial charge in [0.25, 0.3) is 0 Å². The van der Waals surface area contributed by atoms with Gasteiger partial charge in [0.1, 0.15) is 5.75 Å². The molecule has 2 aromatic rings. The van der Waals surface area contributed by atoms with Crippen molar-refractivity contribution >= 4 is 17.6 Å². The minimum Gasteiger partial charge on any atom is -0.497 e. The number of hydrogen-bond donors (Lipinski definition) is 1. The molecule has 1 saturated carbocycles. The van der Waals surface area contributed by atoms with Crippen molar-refractivity contribution in [3.8, 4) is 5.75 Å². The largest absolute Gasteiger partial charge is 0.497 e. The van der Waals surface area contributed by atoms with E-state index in [9.17, 15) is 0 Å². The van der Waals surface area contributed by atoms with Crippen LogP contribution in [0.1, 0.15) is 24.5 Å². The van der Waals surface area contributed by atoms with Crippen LogP contribution in [0.5, 0.6) is 5.75 Å². The van der Waals surface area contributed by atoms with E-state index >= 15 is 0 Å². The van der Waals surface area contributed by atoms with Crippen LogP contribution >= 0.6 is 11.9 Å². The van der Waals surface area contributed by atoms with Gasteiger partial charge < -0.3 is 19.1 Å². The molecule has 0 bridgehead atoms. The van der Waals surface area contributed by atoms with Crippen molar-refractivity contribution in [1.29, 1.82) is 0 Å². The van der Waals surface area contributed by atoms with Gasteiger partial charge in [-0.15, -0.1) is 0 Å². The Morgan fingerprint density at radius 3 is 2.55 bits per heavy atom. The van der Waals surface area contributed by atoms with E-state index in [0.29, 0.717) is 12.0 Å². The van der Waals surface area contributed by atoms with Crippen molar-refractivity contribution in [2.45, 2.75) is 25.4 Å². The van der Waals surface area contributed by atoms with Crippen LogP contribution in [-0.2, 0) is 16.8 Å². The Bertz CT molecular complexity index is 799. The quantitative estimate of drug-likeness (QED) is 0.447. The summed E-state index contributed by atoms with van der Waals surface area (Å²) in [5.74, 6) is 2.47. The molecule has 1 saturated heterocycles. The molecule has 2 fully saturated rings. The minimum absolute atomic E-state index is 0.385. The summed E-state index contributed by atoms with van der Waals surface area (Å²) in [6.45, 7) is 7.23. The summed E-state index contributed by atoms with van der Waals surface area (Å²) < 4.78 is 14.5. The zero-order valence-electron chi connectivity index (χ0n) is 17.7. The zero-order valence-corrected chi connectivity index (χ0v) is 18.5. The van der Waals surface area contributed by atoms with E-state index in [0.717, 1.165) is 30.7 Å². The molecule has 1 aliphatic carbocycles. The van der Waals surface area contributed by atoms with Crippen molar-refractivity contribution in [2.24, 2.45) is 11.8 Å². The fraction of sp³-hybridized carbons (Fsp3) is 0.500. The molecule has 2 aliphatic rings. The molecule has 1 aliphatic heterocycles. The SMILES string of the molecule is CCC1(c2cccc(NSC)c2)C2CN(CCOCc3ccc(OC)cc3)CC21. The van der Waals surface area contributed by atoms with E-state index in [1.165, 1.54) is 36.3 Å². The number of nitrogens with one attached hydrogen (secondary N) is 1. The number of benzene rings is 2. The molecule has 5 heteroatoms. The number of ether oxygens (including phenoxy) is 2. The Morgan fingerprint density at radius 2 is 1.90 bits per heavy atom. The number of rotatable bonds is 10. The third-order valence-corrected chi connectivity index (χ3v) is 7.23. The second-order valence-electron chi connectivity index (χ2n) is 8.15. The summed E-state index contributed by atoms with van der Waals surface area (Å²) in [4.78, 5) is 2.58. The van der Waals surface area contributed by atoms with Crippen molar-refractivity contribution in [3.05, 3.63) is 59.7 Å². The first-order chi connectivity index (χ1) is 14.2. The summed E-state index contributed by atoms with van der Waals surface area (Å²) in [5, 5.41) is 0. The van der Waals surface area contributed by atoms with Crippen LogP contribution in [0.3, 0.4) is 0 Å². The molecular formula is C24H32N2O2S. The van der Waals surface area contributed by atoms with Crippen molar-refractivity contribution < 1.29 is 9.47 Å². The minimum atomic E-state index is 0.385. The third-order valence-electron chi connectivity index (χ3n) is 6.79. The van der Waals surface area contributed by atoms with E-state index in [1.54, 1.807) is 19.1 Å². The molecule has 4 rings (SSSR count). The van der Waals surface area contributed by atoms with Gasteiger partial charge in [-0.05, 0) is 53.6 Å². The van der Waals surface area contributed by atoms with Gasteiger partial charge in [0.2, 0.25) is 0 Å². The molecule has 1 N–H and O–H groups in total. The molecule has 29 heavy (non-hydrogen) atoms. The third kappa shape index (κ3) is 4.14. The molecule has 156 valence electrons. The monoisotopic (exact) mass is 412 g/mol. The molecule has 0 spiro atoms. The Hall–Kier alpha value is -1.69. The maximum Gasteiger partial charge on any atom is 0.118 e. The Kier molecular flexibility index (Phi) is 6.38. The van der Waals surface area contributed by atoms with Crippen LogP contribution in [-0.4, -0.2) is 44.5 Å². The van der Waals surface area contributed by atoms with Gasteiger partial charge in [-0.25, -0.2) is 0 Å². The molecule has 0 amide bonds. The van der Waals surface area contributed by atoms with Gasteiger partial charge in [-0.1, -0.05) is 43.1 Å². The highest BCUT2D eigenvalue weighted by Crippen LogP contribution is 2.65. The first kappa shape index (κ1) is 20.6. The molecule has 2 aromatic carbocycles. The van der Waals surface area contributed by atoms with Crippen LogP contribution < -0.4 is 9.46 Å². The highest BCUT2D eigenvalue weighted by molar-refractivity contribution is 7.99. The van der Waals surface area contributed by atoms with E-state index < -0.39 is 0 Å². The van der Waals surface area contributed by atoms with E-state index in [1.807, 2.05) is 12.1 Å². The molecule has 0 radical (unpaired) electrons. The molecule has 4 nitrogen and oxygen atoms in total. The normalized spacial score (nSPS) is 25.6. The number of hydrogen-bond acceptors (Lipinski definition) is 5. The van der Waals surface area contributed by atoms with Gasteiger partial charge in [0.15, 0.2) is 0 Å². The van der Waals surface area contributed by atoms with Crippen LogP contribution in [0, 0.1) is 11.8 Å². The zero-order chi connectivity index (χ0) is 20.3. The lowest BCUT2D eigenvalue weighted by Gasteiger charge is -2.26. The fourth-order valence-corrected chi connectivity index (χ4v) is 5.61. The van der Waals surface area contributed by atoms with E-state index in [4.69, 9.17) is 9.47 Å². The lowest BCUT2D eigenvalue weighted by molar-refractivity contribution is 0.0936. The van der Waals surface area contributed by atoms with Crippen LogP contribution in [0.15, 0.2) is 48.5 Å². The molecule has 0 aromatic heterocycles. The summed E-state index contributed by atoms with van der Waals surface area (Å²) in [7, 11) is 1.69. The predicted octanol–water partition coefficient (Wildman–Crippen LogP) is 4.81. The molecular weight excluding hydrogens is 380 g/mol. The summed E-state index contributed by atoms with van der Waals surface area (Å²) in [6, 6.07) is 17.2. The number of fused-ring (bicyclic) bond motifs is 1. The predicted molar refractivity (Wildman–Crippen MR) is 122 cm³/mol. The van der Waals surface area contributed by atoms with E-state index in [-0.39, 0.29) is 0 Å². The number of nitrogens with zero attached hydrogens (tertiary/aromatic N) is 1. The smallest absolute Gasteiger partial charge is 0.118 e. The Balaban J connectivity index is 1.25. The van der Waals surface area contributed by atoms with Gasteiger partial charge in [-0.3, -0.25) is 0 Å². The lowest BCUT2D eigenvalue weighted by atomic mass is 9.87. The highest BCUT2D eigenvalue weighted by atomic mass is 32.2. The first-order valence-electron chi connectivity index (χ1n) is 10.5. The van der Waals surface area contributed by atoms with Crippen molar-refractivity contribution in [1.82, 2.24) is 4.90 Å². The lowest BCUT2D eigenvalue weighted by Crippen LogP contribution is -2.32. The Labute approximate surface area is 179 Å². The summed E-state index contributed by atoms with van der Waals surface area (Å²) in [5.41, 5.74) is 4.32. The van der Waals surface area contributed by atoms with Crippen molar-refractivity contribution in [2.75, 3.05) is 44.3 Å². The standard InChI is InChI=1S/C24H32N2O2S/c1-4-24(19-6-5-7-20(14-19)25-29-3)22-15-26(16-23(22)24)12-13-28-17-18-8-10-21(27-2)11-9-18/h5-11,14,22-23,25H,4,12-13,15-17H2,1-3H3.